The van der Waals surface area contributed by atoms with Crippen molar-refractivity contribution in [2.24, 2.45) is 0 Å². The Kier molecular flexibility index (Phi) is 4.59. The molecule has 1 saturated heterocycles. The molecule has 1 aromatic carbocycles. The number of carbonyl (C=O) groups is 1. The van der Waals surface area contributed by atoms with E-state index in [4.69, 9.17) is 9.15 Å². The van der Waals surface area contributed by atoms with Crippen molar-refractivity contribution in [2.75, 3.05) is 13.7 Å². The number of rotatable bonds is 4. The first kappa shape index (κ1) is 15.2. The number of nitrogens with zero attached hydrogens (tertiary/aromatic N) is 2. The second-order valence-electron chi connectivity index (χ2n) is 5.26. The van der Waals surface area contributed by atoms with Crippen molar-refractivity contribution in [3.05, 3.63) is 40.7 Å². The smallest absolute Gasteiger partial charge is 0.323 e. The molecule has 0 radical (unpaired) electrons. The van der Waals surface area contributed by atoms with Crippen LogP contribution in [0.25, 0.3) is 11.5 Å². The minimum absolute atomic E-state index is 0.180. The van der Waals surface area contributed by atoms with Crippen LogP contribution in [0.1, 0.15) is 18.5 Å². The molecule has 0 N–H and O–H groups in total. The fourth-order valence-corrected chi connectivity index (χ4v) is 3.11. The number of methoxy groups -OCH3 is 1. The van der Waals surface area contributed by atoms with Crippen molar-refractivity contribution in [1.82, 2.24) is 9.88 Å². The minimum atomic E-state index is -0.186. The van der Waals surface area contributed by atoms with Gasteiger partial charge in [0.05, 0.1) is 7.11 Å². The quantitative estimate of drug-likeness (QED) is 0.779. The van der Waals surface area contributed by atoms with Crippen LogP contribution in [-0.4, -0.2) is 35.5 Å². The van der Waals surface area contributed by atoms with Gasteiger partial charge in [-0.2, -0.15) is 0 Å². The average Bonchev–Trinajstić information content (AvgIpc) is 3.15. The number of esters is 1. The largest absolute Gasteiger partial charge is 0.468 e. The van der Waals surface area contributed by atoms with Crippen molar-refractivity contribution >= 4 is 21.9 Å². The topological polar surface area (TPSA) is 55.6 Å². The first-order valence-electron chi connectivity index (χ1n) is 7.21. The van der Waals surface area contributed by atoms with E-state index < -0.39 is 0 Å². The Bertz CT molecular complexity index is 657. The van der Waals surface area contributed by atoms with Gasteiger partial charge in [0.25, 0.3) is 0 Å². The van der Waals surface area contributed by atoms with Crippen molar-refractivity contribution < 1.29 is 13.9 Å². The van der Waals surface area contributed by atoms with Crippen LogP contribution in [0.15, 0.2) is 39.4 Å². The van der Waals surface area contributed by atoms with Crippen LogP contribution in [0.3, 0.4) is 0 Å². The molecule has 2 heterocycles. The summed E-state index contributed by atoms with van der Waals surface area (Å²) in [5.41, 5.74) is 1.73. The SMILES string of the molecule is COC(=O)[C@@H]1CCCN1Cc1nc(-c2ccccc2)oc1Br. The van der Waals surface area contributed by atoms with Gasteiger partial charge in [0, 0.05) is 12.1 Å². The van der Waals surface area contributed by atoms with E-state index in [0.29, 0.717) is 17.1 Å². The summed E-state index contributed by atoms with van der Waals surface area (Å²) in [5, 5.41) is 0. The van der Waals surface area contributed by atoms with Crippen molar-refractivity contribution in [2.45, 2.75) is 25.4 Å². The number of benzene rings is 1. The maximum atomic E-state index is 11.8. The van der Waals surface area contributed by atoms with Gasteiger partial charge >= 0.3 is 5.97 Å². The van der Waals surface area contributed by atoms with E-state index in [1.165, 1.54) is 7.11 Å². The summed E-state index contributed by atoms with van der Waals surface area (Å²) in [6.45, 7) is 1.43. The van der Waals surface area contributed by atoms with E-state index >= 15 is 0 Å². The third-order valence-corrected chi connectivity index (χ3v) is 4.48. The number of likely N-dealkylation sites (tertiary alicyclic amines) is 1. The number of hydrogen-bond donors (Lipinski definition) is 0. The zero-order valence-corrected chi connectivity index (χ0v) is 13.9. The van der Waals surface area contributed by atoms with Gasteiger partial charge < -0.3 is 9.15 Å². The molecule has 2 aromatic rings. The van der Waals surface area contributed by atoms with Gasteiger partial charge in [-0.05, 0) is 47.4 Å². The van der Waals surface area contributed by atoms with Gasteiger partial charge in [-0.25, -0.2) is 4.98 Å². The number of halogens is 1. The zero-order chi connectivity index (χ0) is 15.5. The minimum Gasteiger partial charge on any atom is -0.468 e. The lowest BCUT2D eigenvalue weighted by Gasteiger charge is -2.20. The van der Waals surface area contributed by atoms with Crippen molar-refractivity contribution in [1.29, 1.82) is 0 Å². The van der Waals surface area contributed by atoms with E-state index in [2.05, 4.69) is 25.8 Å². The Hall–Kier alpha value is -1.66. The standard InChI is InChI=1S/C16H17BrN2O3/c1-21-16(20)13-8-5-9-19(13)10-12-14(17)22-15(18-12)11-6-3-2-4-7-11/h2-4,6-7,13H,5,8-10H2,1H3/t13-/m0/s1. The van der Waals surface area contributed by atoms with Gasteiger partial charge in [-0.1, -0.05) is 18.2 Å². The van der Waals surface area contributed by atoms with E-state index in [1.807, 2.05) is 30.3 Å². The monoisotopic (exact) mass is 364 g/mol. The molecule has 3 rings (SSSR count). The molecule has 5 nitrogen and oxygen atoms in total. The van der Waals surface area contributed by atoms with Gasteiger partial charge in [-0.3, -0.25) is 9.69 Å². The number of aromatic nitrogens is 1. The van der Waals surface area contributed by atoms with E-state index in [1.54, 1.807) is 0 Å². The first-order chi connectivity index (χ1) is 10.7. The molecule has 1 aromatic heterocycles. The summed E-state index contributed by atoms with van der Waals surface area (Å²) in [6, 6.07) is 9.56. The van der Waals surface area contributed by atoms with Gasteiger partial charge in [0.2, 0.25) is 5.89 Å². The second kappa shape index (κ2) is 6.62. The molecule has 1 fully saturated rings. The van der Waals surface area contributed by atoms with Gasteiger partial charge in [-0.15, -0.1) is 0 Å². The van der Waals surface area contributed by atoms with E-state index in [0.717, 1.165) is 30.6 Å². The van der Waals surface area contributed by atoms with Crippen LogP contribution in [0, 0.1) is 0 Å². The molecule has 0 amide bonds. The lowest BCUT2D eigenvalue weighted by atomic mass is 10.2. The Morgan fingerprint density at radius 2 is 2.23 bits per heavy atom. The Labute approximate surface area is 137 Å². The van der Waals surface area contributed by atoms with Crippen LogP contribution in [0.4, 0.5) is 0 Å². The lowest BCUT2D eigenvalue weighted by Crippen LogP contribution is -2.36. The third-order valence-electron chi connectivity index (χ3n) is 3.86. The Balaban J connectivity index is 1.78. The lowest BCUT2D eigenvalue weighted by molar-refractivity contribution is -0.146. The summed E-state index contributed by atoms with van der Waals surface area (Å²) in [6.07, 6.45) is 1.81. The third kappa shape index (κ3) is 3.08. The molecule has 0 bridgehead atoms. The summed E-state index contributed by atoms with van der Waals surface area (Å²) in [4.78, 5) is 18.4. The molecule has 1 aliphatic rings. The maximum Gasteiger partial charge on any atom is 0.323 e. The number of ether oxygens (including phenoxy) is 1. The normalized spacial score (nSPS) is 18.5. The Morgan fingerprint density at radius 3 is 2.95 bits per heavy atom. The highest BCUT2D eigenvalue weighted by Gasteiger charge is 2.32. The summed E-state index contributed by atoms with van der Waals surface area (Å²) < 4.78 is 11.2. The summed E-state index contributed by atoms with van der Waals surface area (Å²) in [7, 11) is 1.43. The highest BCUT2D eigenvalue weighted by atomic mass is 79.9. The highest BCUT2D eigenvalue weighted by molar-refractivity contribution is 9.10. The van der Waals surface area contributed by atoms with Crippen LogP contribution in [0.2, 0.25) is 0 Å². The molecule has 0 spiro atoms. The average molecular weight is 365 g/mol. The van der Waals surface area contributed by atoms with Crippen LogP contribution in [0.5, 0.6) is 0 Å². The number of oxazole rings is 1. The fraction of sp³-hybridized carbons (Fsp3) is 0.375. The molecule has 1 aliphatic heterocycles. The number of hydrogen-bond acceptors (Lipinski definition) is 5. The Morgan fingerprint density at radius 1 is 1.45 bits per heavy atom. The molecular formula is C16H17BrN2O3. The van der Waals surface area contributed by atoms with Crippen LogP contribution >= 0.6 is 15.9 Å². The molecular weight excluding hydrogens is 348 g/mol. The van der Waals surface area contributed by atoms with Crippen LogP contribution in [-0.2, 0) is 16.1 Å². The van der Waals surface area contributed by atoms with Crippen molar-refractivity contribution in [3.8, 4) is 11.5 Å². The molecule has 116 valence electrons. The fourth-order valence-electron chi connectivity index (χ4n) is 2.75. The summed E-state index contributed by atoms with van der Waals surface area (Å²) >= 11 is 3.42. The van der Waals surface area contributed by atoms with E-state index in [-0.39, 0.29) is 12.0 Å². The molecule has 1 atom stereocenters. The maximum absolute atomic E-state index is 11.8. The predicted molar refractivity (Wildman–Crippen MR) is 85.1 cm³/mol. The number of carbonyl (C=O) groups excluding carboxylic acids is 1. The van der Waals surface area contributed by atoms with Gasteiger partial charge in [0.1, 0.15) is 11.7 Å². The van der Waals surface area contributed by atoms with Gasteiger partial charge in [0.15, 0.2) is 4.67 Å². The predicted octanol–water partition coefficient (Wildman–Crippen LogP) is 3.24. The molecule has 0 saturated carbocycles. The molecule has 0 unspecified atom stereocenters. The van der Waals surface area contributed by atoms with Crippen LogP contribution < -0.4 is 0 Å². The molecule has 22 heavy (non-hydrogen) atoms. The zero-order valence-electron chi connectivity index (χ0n) is 12.3. The van der Waals surface area contributed by atoms with Crippen molar-refractivity contribution in [3.63, 3.8) is 0 Å². The summed E-state index contributed by atoms with van der Waals surface area (Å²) in [5.74, 6) is 0.400. The molecule has 6 heteroatoms. The molecule has 0 aliphatic carbocycles. The second-order valence-corrected chi connectivity index (χ2v) is 5.98. The highest BCUT2D eigenvalue weighted by Crippen LogP contribution is 2.28. The van der Waals surface area contributed by atoms with E-state index in [9.17, 15) is 4.79 Å². The first-order valence-corrected chi connectivity index (χ1v) is 8.01.